The molecule has 0 saturated heterocycles. The Morgan fingerprint density at radius 2 is 1.56 bits per heavy atom. The molecule has 0 N–H and O–H groups in total. The van der Waals surface area contributed by atoms with Crippen LogP contribution in [0.3, 0.4) is 0 Å². The molecule has 158 valence electrons. The molecule has 4 rings (SSSR count). The Hall–Kier alpha value is -4.23. The zero-order valence-corrected chi connectivity index (χ0v) is 18.0. The Morgan fingerprint density at radius 1 is 0.812 bits per heavy atom. The van der Waals surface area contributed by atoms with E-state index >= 15 is 0 Å². The van der Waals surface area contributed by atoms with E-state index in [0.717, 1.165) is 16.7 Å². The van der Waals surface area contributed by atoms with E-state index in [1.807, 2.05) is 54.6 Å². The average Bonchev–Trinajstić information content (AvgIpc) is 2.86. The molecule has 0 aliphatic rings. The second kappa shape index (κ2) is 9.72. The molecule has 0 bridgehead atoms. The SMILES string of the molecule is COc1ccc(/C(C#N)=C/c2ccccc2OCc2cccc3ccccc23)cc1OC. The lowest BCUT2D eigenvalue weighted by atomic mass is 10.0. The van der Waals surface area contributed by atoms with Crippen LogP contribution in [0.15, 0.2) is 84.9 Å². The average molecular weight is 421 g/mol. The maximum absolute atomic E-state index is 9.82. The molecule has 0 amide bonds. The normalized spacial score (nSPS) is 11.1. The summed E-state index contributed by atoms with van der Waals surface area (Å²) in [6.45, 7) is 0.435. The van der Waals surface area contributed by atoms with Gasteiger partial charge in [0.1, 0.15) is 12.4 Å². The maximum Gasteiger partial charge on any atom is 0.161 e. The van der Waals surface area contributed by atoms with Crippen LogP contribution in [-0.4, -0.2) is 14.2 Å². The monoisotopic (exact) mass is 421 g/mol. The van der Waals surface area contributed by atoms with Crippen LogP contribution in [0.25, 0.3) is 22.4 Å². The molecule has 4 aromatic rings. The van der Waals surface area contributed by atoms with Gasteiger partial charge in [-0.15, -0.1) is 0 Å². The molecule has 4 nitrogen and oxygen atoms in total. The number of hydrogen-bond acceptors (Lipinski definition) is 4. The van der Waals surface area contributed by atoms with Gasteiger partial charge in [0.2, 0.25) is 0 Å². The van der Waals surface area contributed by atoms with Crippen molar-refractivity contribution in [3.05, 3.63) is 102 Å². The molecule has 0 radical (unpaired) electrons. The summed E-state index contributed by atoms with van der Waals surface area (Å²) >= 11 is 0. The summed E-state index contributed by atoms with van der Waals surface area (Å²) in [4.78, 5) is 0. The molecule has 0 fully saturated rings. The largest absolute Gasteiger partial charge is 0.493 e. The molecule has 0 saturated carbocycles. The van der Waals surface area contributed by atoms with Crippen LogP contribution in [0.2, 0.25) is 0 Å². The van der Waals surface area contributed by atoms with E-state index in [4.69, 9.17) is 14.2 Å². The lowest BCUT2D eigenvalue weighted by molar-refractivity contribution is 0.307. The van der Waals surface area contributed by atoms with Crippen molar-refractivity contribution in [1.29, 1.82) is 5.26 Å². The van der Waals surface area contributed by atoms with Crippen molar-refractivity contribution in [2.45, 2.75) is 6.61 Å². The predicted octanol–water partition coefficient (Wildman–Crippen LogP) is 6.50. The third-order valence-corrected chi connectivity index (χ3v) is 5.30. The molecule has 0 aromatic heterocycles. The molecule has 0 atom stereocenters. The highest BCUT2D eigenvalue weighted by atomic mass is 16.5. The van der Waals surface area contributed by atoms with E-state index in [0.29, 0.717) is 29.4 Å². The molecular formula is C28H23NO3. The molecule has 0 aliphatic carbocycles. The molecule has 0 unspecified atom stereocenters. The van der Waals surface area contributed by atoms with Gasteiger partial charge in [-0.3, -0.25) is 0 Å². The number of allylic oxidation sites excluding steroid dienone is 1. The second-order valence-electron chi connectivity index (χ2n) is 7.20. The van der Waals surface area contributed by atoms with Crippen LogP contribution in [0.4, 0.5) is 0 Å². The summed E-state index contributed by atoms with van der Waals surface area (Å²) in [5.74, 6) is 1.91. The topological polar surface area (TPSA) is 51.5 Å². The highest BCUT2D eigenvalue weighted by Crippen LogP contribution is 2.32. The van der Waals surface area contributed by atoms with Crippen molar-refractivity contribution in [3.63, 3.8) is 0 Å². The lowest BCUT2D eigenvalue weighted by Crippen LogP contribution is -1.98. The summed E-state index contributed by atoms with van der Waals surface area (Å²) in [6, 6.07) is 29.9. The van der Waals surface area contributed by atoms with Gasteiger partial charge in [-0.05, 0) is 52.2 Å². The highest BCUT2D eigenvalue weighted by Gasteiger charge is 2.10. The van der Waals surface area contributed by atoms with Gasteiger partial charge in [-0.2, -0.15) is 5.26 Å². The Kier molecular flexibility index (Phi) is 6.38. The number of hydrogen-bond donors (Lipinski definition) is 0. The van der Waals surface area contributed by atoms with Crippen molar-refractivity contribution < 1.29 is 14.2 Å². The number of methoxy groups -OCH3 is 2. The smallest absolute Gasteiger partial charge is 0.161 e. The van der Waals surface area contributed by atoms with Gasteiger partial charge >= 0.3 is 0 Å². The van der Waals surface area contributed by atoms with Gasteiger partial charge in [-0.1, -0.05) is 60.7 Å². The third kappa shape index (κ3) is 4.43. The summed E-state index contributed by atoms with van der Waals surface area (Å²) in [7, 11) is 3.16. The number of benzene rings is 4. The summed E-state index contributed by atoms with van der Waals surface area (Å²) < 4.78 is 16.9. The van der Waals surface area contributed by atoms with Crippen LogP contribution in [-0.2, 0) is 6.61 Å². The summed E-state index contributed by atoms with van der Waals surface area (Å²) in [6.07, 6.45) is 1.83. The molecule has 32 heavy (non-hydrogen) atoms. The second-order valence-corrected chi connectivity index (χ2v) is 7.20. The van der Waals surface area contributed by atoms with Gasteiger partial charge in [0.15, 0.2) is 11.5 Å². The summed E-state index contributed by atoms with van der Waals surface area (Å²) in [5.41, 5.74) is 3.20. The van der Waals surface area contributed by atoms with Crippen molar-refractivity contribution in [3.8, 4) is 23.3 Å². The highest BCUT2D eigenvalue weighted by molar-refractivity contribution is 5.91. The third-order valence-electron chi connectivity index (χ3n) is 5.30. The number of para-hydroxylation sites is 1. The molecule has 0 heterocycles. The number of nitrogens with zero attached hydrogens (tertiary/aromatic N) is 1. The van der Waals surface area contributed by atoms with Crippen molar-refractivity contribution in [2.24, 2.45) is 0 Å². The molecule has 4 heteroatoms. The Bertz CT molecular complexity index is 1310. The fourth-order valence-electron chi connectivity index (χ4n) is 3.64. The quantitative estimate of drug-likeness (QED) is 0.252. The first kappa shape index (κ1) is 21.0. The zero-order valence-electron chi connectivity index (χ0n) is 18.0. The van der Waals surface area contributed by atoms with E-state index in [2.05, 4.69) is 30.3 Å². The van der Waals surface area contributed by atoms with Gasteiger partial charge in [0.25, 0.3) is 0 Å². The minimum absolute atomic E-state index is 0.435. The zero-order chi connectivity index (χ0) is 22.3. The van der Waals surface area contributed by atoms with Crippen molar-refractivity contribution in [1.82, 2.24) is 0 Å². The standard InChI is InChI=1S/C28H23NO3/c1-30-27-15-14-21(17-28(27)31-2)24(18-29)16-22-9-4-6-13-26(22)32-19-23-11-7-10-20-8-3-5-12-25(20)23/h3-17H,19H2,1-2H3/b24-16+. The van der Waals surface area contributed by atoms with Gasteiger partial charge in [0, 0.05) is 5.56 Å². The lowest BCUT2D eigenvalue weighted by Gasteiger charge is -2.12. The number of nitriles is 1. The van der Waals surface area contributed by atoms with Crippen LogP contribution in [0, 0.1) is 11.3 Å². The molecule has 0 spiro atoms. The fraction of sp³-hybridized carbons (Fsp3) is 0.107. The van der Waals surface area contributed by atoms with E-state index in [1.165, 1.54) is 10.8 Å². The van der Waals surface area contributed by atoms with Gasteiger partial charge < -0.3 is 14.2 Å². The first-order chi connectivity index (χ1) is 15.7. The van der Waals surface area contributed by atoms with Gasteiger partial charge in [0.05, 0.1) is 25.9 Å². The van der Waals surface area contributed by atoms with Crippen molar-refractivity contribution in [2.75, 3.05) is 14.2 Å². The van der Waals surface area contributed by atoms with E-state index in [1.54, 1.807) is 26.4 Å². The number of fused-ring (bicyclic) bond motifs is 1. The van der Waals surface area contributed by atoms with Crippen LogP contribution in [0.1, 0.15) is 16.7 Å². The number of ether oxygens (including phenoxy) is 3. The number of rotatable bonds is 7. The van der Waals surface area contributed by atoms with Gasteiger partial charge in [-0.25, -0.2) is 0 Å². The Balaban J connectivity index is 1.64. The minimum atomic E-state index is 0.435. The summed E-state index contributed by atoms with van der Waals surface area (Å²) in [5, 5.41) is 12.2. The van der Waals surface area contributed by atoms with Crippen molar-refractivity contribution >= 4 is 22.4 Å². The Labute approximate surface area is 187 Å². The van der Waals surface area contributed by atoms with Crippen LogP contribution in [0.5, 0.6) is 17.2 Å². The van der Waals surface area contributed by atoms with Crippen LogP contribution >= 0.6 is 0 Å². The van der Waals surface area contributed by atoms with E-state index in [9.17, 15) is 5.26 Å². The first-order valence-corrected chi connectivity index (χ1v) is 10.3. The molecule has 0 aliphatic heterocycles. The maximum atomic E-state index is 9.82. The first-order valence-electron chi connectivity index (χ1n) is 10.3. The molecular weight excluding hydrogens is 398 g/mol. The minimum Gasteiger partial charge on any atom is -0.493 e. The molecule has 4 aromatic carbocycles. The Morgan fingerprint density at radius 3 is 2.38 bits per heavy atom. The fourth-order valence-corrected chi connectivity index (χ4v) is 3.64. The van der Waals surface area contributed by atoms with Crippen LogP contribution < -0.4 is 14.2 Å². The predicted molar refractivity (Wildman–Crippen MR) is 128 cm³/mol. The van der Waals surface area contributed by atoms with E-state index < -0.39 is 0 Å². The van der Waals surface area contributed by atoms with E-state index in [-0.39, 0.29) is 0 Å².